The largest absolute Gasteiger partial charge is 0.497 e. The van der Waals surface area contributed by atoms with Crippen LogP contribution in [0.2, 0.25) is 0 Å². The Morgan fingerprint density at radius 2 is 1.95 bits per heavy atom. The smallest absolute Gasteiger partial charge is 0.204 e. The second-order valence-electron chi connectivity index (χ2n) is 4.74. The molecule has 4 nitrogen and oxygen atoms in total. The number of nitrogens with one attached hydrogen (secondary N) is 1. The van der Waals surface area contributed by atoms with Gasteiger partial charge in [-0.1, -0.05) is 30.4 Å². The zero-order chi connectivity index (χ0) is 15.4. The Hall–Kier alpha value is -2.40. The van der Waals surface area contributed by atoms with Crippen LogP contribution in [0.25, 0.3) is 10.2 Å². The minimum absolute atomic E-state index is 0.806. The lowest BCUT2D eigenvalue weighted by Gasteiger charge is -2.05. The molecule has 3 aromatic rings. The molecule has 0 spiro atoms. The van der Waals surface area contributed by atoms with Crippen molar-refractivity contribution >= 4 is 32.4 Å². The molecular formula is C17H17N3OS. The van der Waals surface area contributed by atoms with E-state index in [4.69, 9.17) is 4.74 Å². The van der Waals surface area contributed by atoms with Crippen LogP contribution in [0.4, 0.5) is 5.13 Å². The van der Waals surface area contributed by atoms with Crippen LogP contribution in [-0.2, 0) is 0 Å². The first-order valence-corrected chi connectivity index (χ1v) is 7.94. The van der Waals surface area contributed by atoms with E-state index >= 15 is 0 Å². The molecule has 3 rings (SSSR count). The van der Waals surface area contributed by atoms with Gasteiger partial charge in [0.2, 0.25) is 5.13 Å². The Morgan fingerprint density at radius 1 is 1.18 bits per heavy atom. The van der Waals surface area contributed by atoms with E-state index in [9.17, 15) is 0 Å². The van der Waals surface area contributed by atoms with E-state index in [-0.39, 0.29) is 0 Å². The Kier molecular flexibility index (Phi) is 4.34. The molecule has 0 bridgehead atoms. The van der Waals surface area contributed by atoms with Crippen molar-refractivity contribution in [2.75, 3.05) is 12.5 Å². The summed E-state index contributed by atoms with van der Waals surface area (Å²) in [5, 5.41) is 5.31. The van der Waals surface area contributed by atoms with E-state index < -0.39 is 0 Å². The molecule has 0 saturated carbocycles. The molecule has 0 aliphatic heterocycles. The summed E-state index contributed by atoms with van der Waals surface area (Å²) < 4.78 is 6.34. The second-order valence-corrected chi connectivity index (χ2v) is 5.77. The number of methoxy groups -OCH3 is 1. The number of nitrogens with zero attached hydrogens (tertiary/aromatic N) is 2. The van der Waals surface area contributed by atoms with Crippen molar-refractivity contribution in [3.63, 3.8) is 0 Å². The molecule has 0 atom stereocenters. The molecule has 5 heteroatoms. The minimum Gasteiger partial charge on any atom is -0.497 e. The molecule has 2 aromatic carbocycles. The molecular weight excluding hydrogens is 294 g/mol. The van der Waals surface area contributed by atoms with Crippen molar-refractivity contribution in [2.45, 2.75) is 13.3 Å². The summed E-state index contributed by atoms with van der Waals surface area (Å²) in [5.41, 5.74) is 6.14. The van der Waals surface area contributed by atoms with Gasteiger partial charge in [0.05, 0.1) is 23.0 Å². The van der Waals surface area contributed by atoms with Gasteiger partial charge in [-0.25, -0.2) is 4.98 Å². The monoisotopic (exact) mass is 311 g/mol. The first kappa shape index (κ1) is 14.5. The van der Waals surface area contributed by atoms with Crippen LogP contribution in [0.1, 0.15) is 18.9 Å². The van der Waals surface area contributed by atoms with Gasteiger partial charge in [-0.3, -0.25) is 5.43 Å². The third-order valence-corrected chi connectivity index (χ3v) is 4.28. The maximum absolute atomic E-state index is 5.18. The van der Waals surface area contributed by atoms with Crippen LogP contribution >= 0.6 is 11.3 Å². The maximum atomic E-state index is 5.18. The van der Waals surface area contributed by atoms with E-state index in [0.29, 0.717) is 0 Å². The van der Waals surface area contributed by atoms with Gasteiger partial charge in [0.25, 0.3) is 0 Å². The summed E-state index contributed by atoms with van der Waals surface area (Å²) in [4.78, 5) is 4.52. The lowest BCUT2D eigenvalue weighted by molar-refractivity contribution is 0.415. The lowest BCUT2D eigenvalue weighted by atomic mass is 10.1. The Labute approximate surface area is 133 Å². The van der Waals surface area contributed by atoms with Gasteiger partial charge in [-0.2, -0.15) is 5.10 Å². The van der Waals surface area contributed by atoms with Crippen LogP contribution in [0.3, 0.4) is 0 Å². The number of para-hydroxylation sites is 1. The number of hydrazone groups is 1. The van der Waals surface area contributed by atoms with E-state index in [2.05, 4.69) is 28.5 Å². The van der Waals surface area contributed by atoms with Crippen molar-refractivity contribution < 1.29 is 4.74 Å². The van der Waals surface area contributed by atoms with E-state index in [1.54, 1.807) is 18.4 Å². The highest BCUT2D eigenvalue weighted by atomic mass is 32.1. The zero-order valence-electron chi connectivity index (χ0n) is 12.5. The molecule has 0 fully saturated rings. The zero-order valence-corrected chi connectivity index (χ0v) is 13.4. The predicted molar refractivity (Wildman–Crippen MR) is 93.1 cm³/mol. The Morgan fingerprint density at radius 3 is 2.64 bits per heavy atom. The fourth-order valence-corrected chi connectivity index (χ4v) is 2.97. The van der Waals surface area contributed by atoms with Crippen molar-refractivity contribution in [1.29, 1.82) is 0 Å². The standard InChI is InChI=1S/C17H17N3OS/c1-3-14(12-8-10-13(21-2)11-9-12)19-20-17-18-15-6-4-5-7-16(15)22-17/h4-11H,3H2,1-2H3,(H,18,20)/b19-14-. The van der Waals surface area contributed by atoms with Crippen LogP contribution in [0, 0.1) is 0 Å². The van der Waals surface area contributed by atoms with Crippen LogP contribution in [0.15, 0.2) is 53.6 Å². The number of hydrogen-bond acceptors (Lipinski definition) is 5. The van der Waals surface area contributed by atoms with Crippen molar-refractivity contribution in [3.8, 4) is 5.75 Å². The highest BCUT2D eigenvalue weighted by Crippen LogP contribution is 2.25. The molecule has 1 heterocycles. The number of aromatic nitrogens is 1. The average Bonchev–Trinajstić information content (AvgIpc) is 2.99. The highest BCUT2D eigenvalue weighted by Gasteiger charge is 2.04. The molecule has 0 aliphatic rings. The van der Waals surface area contributed by atoms with Gasteiger partial charge in [-0.05, 0) is 48.4 Å². The third kappa shape index (κ3) is 3.09. The lowest BCUT2D eigenvalue weighted by Crippen LogP contribution is -2.03. The number of benzene rings is 2. The van der Waals surface area contributed by atoms with E-state index in [1.807, 2.05) is 42.5 Å². The first-order chi connectivity index (χ1) is 10.8. The molecule has 0 aliphatic carbocycles. The first-order valence-electron chi connectivity index (χ1n) is 7.12. The Bertz CT molecular complexity index is 760. The molecule has 0 amide bonds. The number of rotatable bonds is 5. The molecule has 22 heavy (non-hydrogen) atoms. The van der Waals surface area contributed by atoms with E-state index in [1.165, 1.54) is 0 Å². The van der Waals surface area contributed by atoms with Gasteiger partial charge in [-0.15, -0.1) is 0 Å². The van der Waals surface area contributed by atoms with Crippen molar-refractivity contribution in [1.82, 2.24) is 4.98 Å². The van der Waals surface area contributed by atoms with Crippen molar-refractivity contribution in [2.24, 2.45) is 5.10 Å². The quantitative estimate of drug-likeness (QED) is 0.556. The number of anilines is 1. The average molecular weight is 311 g/mol. The van der Waals surface area contributed by atoms with Crippen molar-refractivity contribution in [3.05, 3.63) is 54.1 Å². The molecule has 112 valence electrons. The van der Waals surface area contributed by atoms with Gasteiger partial charge < -0.3 is 4.74 Å². The minimum atomic E-state index is 0.806. The Balaban J connectivity index is 1.81. The molecule has 1 aromatic heterocycles. The topological polar surface area (TPSA) is 46.5 Å². The summed E-state index contributed by atoms with van der Waals surface area (Å²) >= 11 is 1.60. The number of hydrogen-bond donors (Lipinski definition) is 1. The number of thiazole rings is 1. The number of fused-ring (bicyclic) bond motifs is 1. The fourth-order valence-electron chi connectivity index (χ4n) is 2.17. The van der Waals surface area contributed by atoms with E-state index in [0.717, 1.165) is 38.8 Å². The summed E-state index contributed by atoms with van der Waals surface area (Å²) in [6.45, 7) is 2.09. The highest BCUT2D eigenvalue weighted by molar-refractivity contribution is 7.22. The SMILES string of the molecule is CC/C(=N/Nc1nc2ccccc2s1)c1ccc(OC)cc1. The molecule has 0 unspecified atom stereocenters. The molecule has 0 saturated heterocycles. The molecule has 0 radical (unpaired) electrons. The number of ether oxygens (including phenoxy) is 1. The van der Waals surface area contributed by atoms with Gasteiger partial charge in [0.1, 0.15) is 5.75 Å². The predicted octanol–water partition coefficient (Wildman–Crippen LogP) is 4.53. The molecule has 1 N–H and O–H groups in total. The normalized spacial score (nSPS) is 11.6. The van der Waals surface area contributed by atoms with Gasteiger partial charge >= 0.3 is 0 Å². The third-order valence-electron chi connectivity index (χ3n) is 3.34. The van der Waals surface area contributed by atoms with Crippen LogP contribution < -0.4 is 10.2 Å². The van der Waals surface area contributed by atoms with Gasteiger partial charge in [0.15, 0.2) is 0 Å². The van der Waals surface area contributed by atoms with Gasteiger partial charge in [0, 0.05) is 0 Å². The fraction of sp³-hybridized carbons (Fsp3) is 0.176. The summed E-state index contributed by atoms with van der Waals surface area (Å²) in [6, 6.07) is 16.0. The maximum Gasteiger partial charge on any atom is 0.204 e. The second kappa shape index (κ2) is 6.58. The van der Waals surface area contributed by atoms with Crippen LogP contribution in [-0.4, -0.2) is 17.8 Å². The summed E-state index contributed by atoms with van der Waals surface area (Å²) in [7, 11) is 1.67. The van der Waals surface area contributed by atoms with Crippen LogP contribution in [0.5, 0.6) is 5.75 Å². The summed E-state index contributed by atoms with van der Waals surface area (Å²) in [6.07, 6.45) is 0.838. The summed E-state index contributed by atoms with van der Waals surface area (Å²) in [5.74, 6) is 0.846.